The van der Waals surface area contributed by atoms with Gasteiger partial charge in [0, 0.05) is 35.7 Å². The first kappa shape index (κ1) is 32.0. The predicted octanol–water partition coefficient (Wildman–Crippen LogP) is 0.320. The number of fused-ring (bicyclic) bond motifs is 1. The monoisotopic (exact) mass is 599 g/mol. The summed E-state index contributed by atoms with van der Waals surface area (Å²) >= 11 is 4.09. The van der Waals surface area contributed by atoms with E-state index in [-0.39, 0.29) is 30.8 Å². The van der Waals surface area contributed by atoms with Crippen LogP contribution in [-0.4, -0.2) is 79.9 Å². The Balaban J connectivity index is 1.65. The van der Waals surface area contributed by atoms with Gasteiger partial charge in [-0.25, -0.2) is 4.79 Å². The van der Waals surface area contributed by atoms with Crippen molar-refractivity contribution < 1.29 is 39.3 Å². The minimum atomic E-state index is -1.36. The zero-order valence-electron chi connectivity index (χ0n) is 22.4. The van der Waals surface area contributed by atoms with Gasteiger partial charge in [-0.05, 0) is 42.2 Å². The molecule has 4 unspecified atom stereocenters. The minimum absolute atomic E-state index is 0.00373. The van der Waals surface area contributed by atoms with E-state index in [1.807, 2.05) is 24.3 Å². The Morgan fingerprint density at radius 3 is 2.10 bits per heavy atom. The lowest BCUT2D eigenvalue weighted by molar-refractivity contribution is -0.142. The number of rotatable bonds is 15. The summed E-state index contributed by atoms with van der Waals surface area (Å²) in [6.07, 6.45) is 1.03. The molecule has 0 radical (unpaired) electrons. The number of aromatic nitrogens is 1. The normalized spacial score (nSPS) is 13.9. The van der Waals surface area contributed by atoms with Crippen molar-refractivity contribution in [2.75, 3.05) is 5.75 Å². The number of carboxylic acid groups (broad SMARTS) is 2. The SMILES string of the molecule is NC(Cc1c[nH]c2ccccc12)C(=O)NC(CCC(=O)O)C(=O)NC(CS)C(=O)NC(Cc1ccc(O)cc1)C(=O)O. The maximum absolute atomic E-state index is 13.1. The fourth-order valence-corrected chi connectivity index (χ4v) is 4.51. The van der Waals surface area contributed by atoms with Crippen molar-refractivity contribution in [3.8, 4) is 5.75 Å². The van der Waals surface area contributed by atoms with Crippen LogP contribution in [0.2, 0.25) is 0 Å². The first-order valence-electron chi connectivity index (χ1n) is 13.0. The molecule has 13 nitrogen and oxygen atoms in total. The molecule has 0 aliphatic carbocycles. The van der Waals surface area contributed by atoms with Crippen LogP contribution in [0.3, 0.4) is 0 Å². The highest BCUT2D eigenvalue weighted by molar-refractivity contribution is 7.80. The topological polar surface area (TPSA) is 224 Å². The highest BCUT2D eigenvalue weighted by Gasteiger charge is 2.30. The number of aromatic hydroxyl groups is 1. The fourth-order valence-electron chi connectivity index (χ4n) is 4.25. The number of phenols is 1. The lowest BCUT2D eigenvalue weighted by Crippen LogP contribution is -2.58. The average molecular weight is 600 g/mol. The number of hydrogen-bond acceptors (Lipinski definition) is 8. The molecule has 1 heterocycles. The summed E-state index contributed by atoms with van der Waals surface area (Å²) in [6.45, 7) is 0. The quantitative estimate of drug-likeness (QED) is 0.110. The van der Waals surface area contributed by atoms with Gasteiger partial charge in [-0.3, -0.25) is 19.2 Å². The van der Waals surface area contributed by atoms with Gasteiger partial charge in [0.15, 0.2) is 0 Å². The number of amides is 3. The maximum Gasteiger partial charge on any atom is 0.326 e. The molecular formula is C28H33N5O8S. The van der Waals surface area contributed by atoms with Crippen LogP contribution >= 0.6 is 12.6 Å². The number of H-pyrrole nitrogens is 1. The lowest BCUT2D eigenvalue weighted by Gasteiger charge is -2.24. The molecule has 2 aromatic carbocycles. The number of benzene rings is 2. The van der Waals surface area contributed by atoms with E-state index in [0.717, 1.165) is 16.5 Å². The molecule has 14 heteroatoms. The number of aromatic amines is 1. The molecule has 42 heavy (non-hydrogen) atoms. The fraction of sp³-hybridized carbons (Fsp3) is 0.321. The van der Waals surface area contributed by atoms with Gasteiger partial charge in [-0.2, -0.15) is 12.6 Å². The molecule has 0 saturated heterocycles. The Hall–Kier alpha value is -4.56. The van der Waals surface area contributed by atoms with Crippen molar-refractivity contribution in [3.05, 3.63) is 65.9 Å². The number of phenolic OH excluding ortho intramolecular Hbond substituents is 1. The standard InChI is InChI=1S/C28H33N5O8S/c29-19(12-16-13-30-20-4-2-1-3-18(16)20)25(37)31-21(9-10-24(35)36)26(38)33-23(14-42)27(39)32-22(28(40)41)11-15-5-7-17(34)8-6-15/h1-8,13,19,21-23,30,34,42H,9-12,14,29H2,(H,31,37)(H,32,39)(H,33,38)(H,35,36)(H,40,41). The molecular weight excluding hydrogens is 566 g/mol. The van der Waals surface area contributed by atoms with E-state index in [1.54, 1.807) is 6.20 Å². The summed E-state index contributed by atoms with van der Waals surface area (Å²) in [4.78, 5) is 65.0. The molecule has 0 saturated carbocycles. The van der Waals surface area contributed by atoms with Gasteiger partial charge in [0.05, 0.1) is 6.04 Å². The third-order valence-electron chi connectivity index (χ3n) is 6.54. The summed E-state index contributed by atoms with van der Waals surface area (Å²) in [6, 6.07) is 8.16. The van der Waals surface area contributed by atoms with Crippen LogP contribution in [-0.2, 0) is 36.8 Å². The molecule has 224 valence electrons. The Bertz CT molecular complexity index is 1430. The largest absolute Gasteiger partial charge is 0.508 e. The van der Waals surface area contributed by atoms with Gasteiger partial charge in [0.25, 0.3) is 0 Å². The molecule has 0 aliphatic heterocycles. The second kappa shape index (κ2) is 14.9. The van der Waals surface area contributed by atoms with E-state index in [0.29, 0.717) is 5.56 Å². The number of nitrogens with one attached hydrogen (secondary N) is 4. The summed E-state index contributed by atoms with van der Waals surface area (Å²) in [5.74, 6) is -5.15. The van der Waals surface area contributed by atoms with E-state index < -0.39 is 60.2 Å². The van der Waals surface area contributed by atoms with Gasteiger partial charge in [-0.1, -0.05) is 30.3 Å². The number of hydrogen-bond donors (Lipinski definition) is 9. The Labute approximate surface area is 246 Å². The third-order valence-corrected chi connectivity index (χ3v) is 6.90. The van der Waals surface area contributed by atoms with Crippen LogP contribution in [0, 0.1) is 0 Å². The van der Waals surface area contributed by atoms with Crippen molar-refractivity contribution in [3.63, 3.8) is 0 Å². The van der Waals surface area contributed by atoms with Crippen molar-refractivity contribution >= 4 is 53.2 Å². The highest BCUT2D eigenvalue weighted by atomic mass is 32.1. The van der Waals surface area contributed by atoms with E-state index >= 15 is 0 Å². The van der Waals surface area contributed by atoms with Gasteiger partial charge in [0.1, 0.15) is 23.9 Å². The summed E-state index contributed by atoms with van der Waals surface area (Å²) in [5, 5.41) is 36.3. The zero-order chi connectivity index (χ0) is 30.8. The predicted molar refractivity (Wildman–Crippen MR) is 156 cm³/mol. The van der Waals surface area contributed by atoms with Crippen LogP contribution in [0.1, 0.15) is 24.0 Å². The smallest absolute Gasteiger partial charge is 0.326 e. The molecule has 0 spiro atoms. The number of carbonyl (C=O) groups excluding carboxylic acids is 3. The Morgan fingerprint density at radius 2 is 1.45 bits per heavy atom. The van der Waals surface area contributed by atoms with Crippen LogP contribution in [0.25, 0.3) is 10.9 Å². The summed E-state index contributed by atoms with van der Waals surface area (Å²) in [5.41, 5.74) is 8.30. The molecule has 3 amide bonds. The van der Waals surface area contributed by atoms with Crippen LogP contribution in [0.4, 0.5) is 0 Å². The molecule has 0 fully saturated rings. The van der Waals surface area contributed by atoms with E-state index in [1.165, 1.54) is 24.3 Å². The third kappa shape index (κ3) is 8.97. The molecule has 3 aromatic rings. The number of carboxylic acids is 2. The molecule has 1 aromatic heterocycles. The molecule has 0 bridgehead atoms. The van der Waals surface area contributed by atoms with Crippen molar-refractivity contribution in [2.45, 2.75) is 49.9 Å². The summed E-state index contributed by atoms with van der Waals surface area (Å²) < 4.78 is 0. The lowest BCUT2D eigenvalue weighted by atomic mass is 10.0. The van der Waals surface area contributed by atoms with E-state index in [9.17, 15) is 34.2 Å². The van der Waals surface area contributed by atoms with E-state index in [4.69, 9.17) is 10.8 Å². The van der Waals surface area contributed by atoms with Gasteiger partial charge >= 0.3 is 11.9 Å². The number of para-hydroxylation sites is 1. The molecule has 0 aliphatic rings. The van der Waals surface area contributed by atoms with Crippen LogP contribution in [0.5, 0.6) is 5.75 Å². The second-order valence-corrected chi connectivity index (χ2v) is 10.0. The summed E-state index contributed by atoms with van der Waals surface area (Å²) in [7, 11) is 0. The van der Waals surface area contributed by atoms with Crippen molar-refractivity contribution in [1.82, 2.24) is 20.9 Å². The number of carbonyl (C=O) groups is 5. The van der Waals surface area contributed by atoms with Crippen molar-refractivity contribution in [1.29, 1.82) is 0 Å². The van der Waals surface area contributed by atoms with E-state index in [2.05, 4.69) is 33.6 Å². The zero-order valence-corrected chi connectivity index (χ0v) is 23.3. The minimum Gasteiger partial charge on any atom is -0.508 e. The first-order valence-corrected chi connectivity index (χ1v) is 13.7. The van der Waals surface area contributed by atoms with Gasteiger partial charge < -0.3 is 42.0 Å². The van der Waals surface area contributed by atoms with Crippen LogP contribution < -0.4 is 21.7 Å². The molecule has 4 atom stereocenters. The Kier molecular flexibility index (Phi) is 11.3. The first-order chi connectivity index (χ1) is 20.0. The molecule has 9 N–H and O–H groups in total. The van der Waals surface area contributed by atoms with Crippen molar-refractivity contribution in [2.24, 2.45) is 5.73 Å². The number of nitrogens with two attached hydrogens (primary N) is 1. The second-order valence-electron chi connectivity index (χ2n) is 9.68. The number of aliphatic carboxylic acids is 2. The average Bonchev–Trinajstić information content (AvgIpc) is 3.36. The Morgan fingerprint density at radius 1 is 0.833 bits per heavy atom. The maximum atomic E-state index is 13.1. The number of thiol groups is 1. The van der Waals surface area contributed by atoms with Crippen LogP contribution in [0.15, 0.2) is 54.7 Å². The molecule has 3 rings (SSSR count). The van der Waals surface area contributed by atoms with Gasteiger partial charge in [0.2, 0.25) is 17.7 Å². The highest BCUT2D eigenvalue weighted by Crippen LogP contribution is 2.19. The van der Waals surface area contributed by atoms with Gasteiger partial charge in [-0.15, -0.1) is 0 Å².